The highest BCUT2D eigenvalue weighted by Crippen LogP contribution is 2.13. The summed E-state index contributed by atoms with van der Waals surface area (Å²) in [6.45, 7) is 3.73. The van der Waals surface area contributed by atoms with E-state index in [1.54, 1.807) is 36.4 Å². The lowest BCUT2D eigenvalue weighted by atomic mass is 10.1. The van der Waals surface area contributed by atoms with Crippen molar-refractivity contribution in [2.45, 2.75) is 13.0 Å². The summed E-state index contributed by atoms with van der Waals surface area (Å²) >= 11 is 0. The van der Waals surface area contributed by atoms with Gasteiger partial charge in [0.15, 0.2) is 0 Å². The second-order valence-electron chi connectivity index (χ2n) is 6.62. The molecular formula is C21H23FN2O3. The lowest BCUT2D eigenvalue weighted by Crippen LogP contribution is -2.35. The van der Waals surface area contributed by atoms with Crippen LogP contribution in [-0.4, -0.2) is 55.0 Å². The number of halogens is 1. The number of ether oxygens (including phenoxy) is 1. The number of rotatable bonds is 4. The van der Waals surface area contributed by atoms with Gasteiger partial charge in [-0.05, 0) is 48.4 Å². The number of hydrogen-bond donors (Lipinski definition) is 0. The van der Waals surface area contributed by atoms with Crippen LogP contribution in [0.3, 0.4) is 0 Å². The normalized spacial score (nSPS) is 15.3. The molecule has 27 heavy (non-hydrogen) atoms. The maximum absolute atomic E-state index is 13.0. The highest BCUT2D eigenvalue weighted by molar-refractivity contribution is 5.96. The van der Waals surface area contributed by atoms with E-state index in [0.29, 0.717) is 24.2 Å². The highest BCUT2D eigenvalue weighted by Gasteiger charge is 2.20. The van der Waals surface area contributed by atoms with E-state index >= 15 is 0 Å². The molecule has 0 atom stereocenters. The Morgan fingerprint density at radius 1 is 0.926 bits per heavy atom. The van der Waals surface area contributed by atoms with Crippen LogP contribution in [0, 0.1) is 5.82 Å². The van der Waals surface area contributed by atoms with Gasteiger partial charge in [-0.2, -0.15) is 0 Å². The Kier molecular flexibility index (Phi) is 6.19. The molecule has 0 radical (unpaired) electrons. The van der Waals surface area contributed by atoms with Crippen molar-refractivity contribution in [3.8, 4) is 0 Å². The van der Waals surface area contributed by atoms with Gasteiger partial charge >= 0.3 is 5.97 Å². The zero-order chi connectivity index (χ0) is 19.2. The molecule has 1 saturated heterocycles. The Bertz CT molecular complexity index is 790. The Balaban J connectivity index is 1.59. The third-order valence-corrected chi connectivity index (χ3v) is 4.75. The molecule has 0 N–H and O–H groups in total. The van der Waals surface area contributed by atoms with Crippen LogP contribution in [0.1, 0.15) is 32.7 Å². The van der Waals surface area contributed by atoms with E-state index in [1.165, 1.54) is 19.2 Å². The van der Waals surface area contributed by atoms with Crippen molar-refractivity contribution in [2.75, 3.05) is 33.3 Å². The van der Waals surface area contributed by atoms with E-state index in [9.17, 15) is 14.0 Å². The predicted molar refractivity (Wildman–Crippen MR) is 100.0 cm³/mol. The molecule has 0 unspecified atom stereocenters. The van der Waals surface area contributed by atoms with Crippen LogP contribution < -0.4 is 0 Å². The van der Waals surface area contributed by atoms with Gasteiger partial charge in [0.2, 0.25) is 0 Å². The van der Waals surface area contributed by atoms with Crippen LogP contribution in [-0.2, 0) is 11.3 Å². The third kappa shape index (κ3) is 4.92. The molecule has 1 heterocycles. The van der Waals surface area contributed by atoms with Crippen LogP contribution in [0.25, 0.3) is 0 Å². The fraction of sp³-hybridized carbons (Fsp3) is 0.333. The first-order chi connectivity index (χ1) is 13.1. The summed E-state index contributed by atoms with van der Waals surface area (Å²) in [4.78, 5) is 28.4. The number of amides is 1. The van der Waals surface area contributed by atoms with E-state index in [4.69, 9.17) is 0 Å². The van der Waals surface area contributed by atoms with Gasteiger partial charge in [0, 0.05) is 38.3 Å². The summed E-state index contributed by atoms with van der Waals surface area (Å²) in [7, 11) is 1.33. The Hall–Kier alpha value is -2.73. The molecule has 6 heteroatoms. The maximum atomic E-state index is 13.0. The van der Waals surface area contributed by atoms with Crippen molar-refractivity contribution in [1.82, 2.24) is 9.80 Å². The van der Waals surface area contributed by atoms with Crippen molar-refractivity contribution in [3.05, 3.63) is 71.0 Å². The number of hydrogen-bond acceptors (Lipinski definition) is 4. The molecule has 142 valence electrons. The molecule has 1 aliphatic rings. The first-order valence-corrected chi connectivity index (χ1v) is 9.01. The topological polar surface area (TPSA) is 49.9 Å². The highest BCUT2D eigenvalue weighted by atomic mass is 19.1. The molecule has 1 amide bonds. The van der Waals surface area contributed by atoms with Crippen LogP contribution in [0.5, 0.6) is 0 Å². The summed E-state index contributed by atoms with van der Waals surface area (Å²) in [6, 6.07) is 13.1. The second kappa shape index (κ2) is 8.77. The Morgan fingerprint density at radius 3 is 2.26 bits per heavy atom. The third-order valence-electron chi connectivity index (χ3n) is 4.75. The van der Waals surface area contributed by atoms with Gasteiger partial charge in [-0.1, -0.05) is 12.1 Å². The van der Waals surface area contributed by atoms with Crippen LogP contribution in [0.4, 0.5) is 4.39 Å². The zero-order valence-electron chi connectivity index (χ0n) is 15.4. The minimum atomic E-state index is -0.416. The molecule has 0 aromatic heterocycles. The van der Waals surface area contributed by atoms with E-state index < -0.39 is 5.97 Å². The minimum Gasteiger partial charge on any atom is -0.465 e. The number of carbonyl (C=O) groups is 2. The molecule has 0 saturated carbocycles. The monoisotopic (exact) mass is 370 g/mol. The molecular weight excluding hydrogens is 347 g/mol. The predicted octanol–water partition coefficient (Wildman–Crippen LogP) is 2.96. The Morgan fingerprint density at radius 2 is 1.59 bits per heavy atom. The van der Waals surface area contributed by atoms with E-state index in [0.717, 1.165) is 31.6 Å². The lowest BCUT2D eigenvalue weighted by molar-refractivity contribution is 0.0599. The molecule has 5 nitrogen and oxygen atoms in total. The number of esters is 1. The standard InChI is InChI=1S/C21H23FN2O3/c1-27-21(26)18-7-5-17(6-8-18)20(25)24-12-2-11-23(13-14-24)15-16-3-9-19(22)10-4-16/h3-10H,2,11-15H2,1H3. The largest absolute Gasteiger partial charge is 0.465 e. The molecule has 3 rings (SSSR count). The second-order valence-corrected chi connectivity index (χ2v) is 6.62. The van der Waals surface area contributed by atoms with E-state index in [-0.39, 0.29) is 11.7 Å². The van der Waals surface area contributed by atoms with Gasteiger partial charge in [-0.25, -0.2) is 9.18 Å². The van der Waals surface area contributed by atoms with Crippen molar-refractivity contribution in [1.29, 1.82) is 0 Å². The summed E-state index contributed by atoms with van der Waals surface area (Å²) in [6.07, 6.45) is 0.882. The van der Waals surface area contributed by atoms with Gasteiger partial charge in [0.05, 0.1) is 12.7 Å². The van der Waals surface area contributed by atoms with Crippen LogP contribution >= 0.6 is 0 Å². The number of methoxy groups -OCH3 is 1. The molecule has 2 aromatic carbocycles. The average molecular weight is 370 g/mol. The first kappa shape index (κ1) is 19.0. The average Bonchev–Trinajstić information content (AvgIpc) is 2.94. The van der Waals surface area contributed by atoms with Gasteiger partial charge in [0.1, 0.15) is 5.82 Å². The number of carbonyl (C=O) groups excluding carboxylic acids is 2. The van der Waals surface area contributed by atoms with E-state index in [2.05, 4.69) is 9.64 Å². The van der Waals surface area contributed by atoms with Gasteiger partial charge < -0.3 is 9.64 Å². The Labute approximate surface area is 158 Å². The lowest BCUT2D eigenvalue weighted by Gasteiger charge is -2.22. The summed E-state index contributed by atoms with van der Waals surface area (Å²) in [5, 5.41) is 0. The van der Waals surface area contributed by atoms with Gasteiger partial charge in [-0.15, -0.1) is 0 Å². The summed E-state index contributed by atoms with van der Waals surface area (Å²) in [5.74, 6) is -0.681. The molecule has 1 aliphatic heterocycles. The fourth-order valence-corrected chi connectivity index (χ4v) is 3.23. The minimum absolute atomic E-state index is 0.0324. The van der Waals surface area contributed by atoms with Crippen molar-refractivity contribution in [3.63, 3.8) is 0 Å². The SMILES string of the molecule is COC(=O)c1ccc(C(=O)N2CCCN(Cc3ccc(F)cc3)CC2)cc1. The molecule has 1 fully saturated rings. The molecule has 0 aliphatic carbocycles. The number of benzene rings is 2. The molecule has 0 spiro atoms. The van der Waals surface area contributed by atoms with E-state index in [1.807, 2.05) is 4.90 Å². The maximum Gasteiger partial charge on any atom is 0.337 e. The van der Waals surface area contributed by atoms with Crippen molar-refractivity contribution in [2.24, 2.45) is 0 Å². The number of nitrogens with zero attached hydrogens (tertiary/aromatic N) is 2. The van der Waals surface area contributed by atoms with Gasteiger partial charge in [0.25, 0.3) is 5.91 Å². The van der Waals surface area contributed by atoms with Crippen LogP contribution in [0.2, 0.25) is 0 Å². The smallest absolute Gasteiger partial charge is 0.337 e. The first-order valence-electron chi connectivity index (χ1n) is 9.01. The molecule has 0 bridgehead atoms. The summed E-state index contributed by atoms with van der Waals surface area (Å²) in [5.41, 5.74) is 2.06. The summed E-state index contributed by atoms with van der Waals surface area (Å²) < 4.78 is 17.7. The van der Waals surface area contributed by atoms with Crippen molar-refractivity contribution >= 4 is 11.9 Å². The zero-order valence-corrected chi connectivity index (χ0v) is 15.4. The fourth-order valence-electron chi connectivity index (χ4n) is 3.23. The van der Waals surface area contributed by atoms with Gasteiger partial charge in [-0.3, -0.25) is 9.69 Å². The van der Waals surface area contributed by atoms with Crippen LogP contribution in [0.15, 0.2) is 48.5 Å². The van der Waals surface area contributed by atoms with Crippen molar-refractivity contribution < 1.29 is 18.7 Å². The quantitative estimate of drug-likeness (QED) is 0.777. The molecule has 2 aromatic rings.